The lowest BCUT2D eigenvalue weighted by atomic mass is 10.3. The van der Waals surface area contributed by atoms with Gasteiger partial charge in [0.1, 0.15) is 6.04 Å². The van der Waals surface area contributed by atoms with E-state index in [1.54, 1.807) is 0 Å². The zero-order valence-electron chi connectivity index (χ0n) is 12.3. The third-order valence-electron chi connectivity index (χ3n) is 3.10. The van der Waals surface area contributed by atoms with Crippen molar-refractivity contribution in [1.82, 2.24) is 8.61 Å². The largest absolute Gasteiger partial charge is 0.469 e. The van der Waals surface area contributed by atoms with E-state index in [0.717, 1.165) is 8.61 Å². The molecule has 122 valence electrons. The molecule has 1 saturated heterocycles. The fourth-order valence-electron chi connectivity index (χ4n) is 1.83. The molecule has 1 heterocycles. The van der Waals surface area contributed by atoms with Gasteiger partial charge in [-0.3, -0.25) is 9.59 Å². The molecule has 0 aromatic carbocycles. The summed E-state index contributed by atoms with van der Waals surface area (Å²) in [6.45, 7) is 0.138. The molecular weight excluding hydrogens is 304 g/mol. The Hall–Kier alpha value is -1.23. The summed E-state index contributed by atoms with van der Waals surface area (Å²) in [5.41, 5.74) is 0. The van der Waals surface area contributed by atoms with E-state index < -0.39 is 28.2 Å². The van der Waals surface area contributed by atoms with Crippen LogP contribution in [0.25, 0.3) is 0 Å². The number of rotatable bonds is 6. The van der Waals surface area contributed by atoms with Crippen LogP contribution in [-0.2, 0) is 34.0 Å². The molecule has 1 aliphatic heterocycles. The molecule has 10 heteroatoms. The first-order valence-corrected chi connectivity index (χ1v) is 7.69. The second kappa shape index (κ2) is 7.69. The minimum Gasteiger partial charge on any atom is -0.469 e. The minimum absolute atomic E-state index is 0.0414. The molecule has 21 heavy (non-hydrogen) atoms. The highest BCUT2D eigenvalue weighted by atomic mass is 32.2. The third-order valence-corrected chi connectivity index (χ3v) is 5.10. The quantitative estimate of drug-likeness (QED) is 0.554. The van der Waals surface area contributed by atoms with Gasteiger partial charge in [-0.25, -0.2) is 0 Å². The smallest absolute Gasteiger partial charge is 0.326 e. The molecule has 0 N–H and O–H groups in total. The molecule has 0 spiro atoms. The standard InChI is InChI=1S/C11H20N2O7S/c1-12(5-4-10(14)18-2)21(16,17)13-6-7-20-8-9(13)11(15)19-3/h9H,4-8H2,1-3H3. The molecule has 1 unspecified atom stereocenters. The van der Waals surface area contributed by atoms with E-state index in [9.17, 15) is 18.0 Å². The van der Waals surface area contributed by atoms with Gasteiger partial charge in [-0.15, -0.1) is 0 Å². The molecule has 0 saturated carbocycles. The summed E-state index contributed by atoms with van der Waals surface area (Å²) in [5.74, 6) is -1.19. The number of ether oxygens (including phenoxy) is 3. The lowest BCUT2D eigenvalue weighted by Gasteiger charge is -2.35. The van der Waals surface area contributed by atoms with E-state index in [1.807, 2.05) is 0 Å². The molecular formula is C11H20N2O7S. The number of morpholine rings is 1. The molecule has 0 radical (unpaired) electrons. The third kappa shape index (κ3) is 4.37. The number of nitrogens with zero attached hydrogens (tertiary/aromatic N) is 2. The monoisotopic (exact) mass is 324 g/mol. The summed E-state index contributed by atoms with van der Waals surface area (Å²) < 4.78 is 41.1. The molecule has 0 aromatic heterocycles. The van der Waals surface area contributed by atoms with Gasteiger partial charge in [-0.1, -0.05) is 0 Å². The van der Waals surface area contributed by atoms with Gasteiger partial charge >= 0.3 is 11.9 Å². The first kappa shape index (κ1) is 17.8. The molecule has 1 atom stereocenters. The van der Waals surface area contributed by atoms with Gasteiger partial charge in [0.2, 0.25) is 0 Å². The van der Waals surface area contributed by atoms with Crippen molar-refractivity contribution in [1.29, 1.82) is 0 Å². The van der Waals surface area contributed by atoms with Crippen LogP contribution in [0.5, 0.6) is 0 Å². The molecule has 0 aromatic rings. The number of hydrogen-bond donors (Lipinski definition) is 0. The fraction of sp³-hybridized carbons (Fsp3) is 0.818. The molecule has 1 fully saturated rings. The zero-order valence-corrected chi connectivity index (χ0v) is 13.1. The summed E-state index contributed by atoms with van der Waals surface area (Å²) in [5, 5.41) is 0. The van der Waals surface area contributed by atoms with Gasteiger partial charge in [-0.2, -0.15) is 17.0 Å². The van der Waals surface area contributed by atoms with E-state index >= 15 is 0 Å². The highest BCUT2D eigenvalue weighted by Gasteiger charge is 2.40. The average Bonchev–Trinajstić information content (AvgIpc) is 2.51. The number of carbonyl (C=O) groups excluding carboxylic acids is 2. The Morgan fingerprint density at radius 1 is 1.33 bits per heavy atom. The lowest BCUT2D eigenvalue weighted by Crippen LogP contribution is -2.56. The maximum atomic E-state index is 12.5. The van der Waals surface area contributed by atoms with Gasteiger partial charge in [0.25, 0.3) is 10.2 Å². The molecule has 1 rings (SSSR count). The molecule has 1 aliphatic rings. The Balaban J connectivity index is 2.82. The van der Waals surface area contributed by atoms with Crippen LogP contribution in [0, 0.1) is 0 Å². The van der Waals surface area contributed by atoms with Crippen LogP contribution in [0.15, 0.2) is 0 Å². The second-order valence-electron chi connectivity index (χ2n) is 4.38. The van der Waals surface area contributed by atoms with Crippen LogP contribution < -0.4 is 0 Å². The Kier molecular flexibility index (Phi) is 6.52. The van der Waals surface area contributed by atoms with Crippen LogP contribution in [0.2, 0.25) is 0 Å². The first-order valence-electron chi connectivity index (χ1n) is 6.30. The maximum absolute atomic E-state index is 12.5. The first-order chi connectivity index (χ1) is 9.84. The topological polar surface area (TPSA) is 102 Å². The summed E-state index contributed by atoms with van der Waals surface area (Å²) >= 11 is 0. The number of hydrogen-bond acceptors (Lipinski definition) is 7. The van der Waals surface area contributed by atoms with Gasteiger partial charge in [-0.05, 0) is 0 Å². The SMILES string of the molecule is COC(=O)CCN(C)S(=O)(=O)N1CCOCC1C(=O)OC. The van der Waals surface area contributed by atoms with Crippen molar-refractivity contribution in [3.8, 4) is 0 Å². The normalized spacial score (nSPS) is 20.3. The minimum atomic E-state index is -3.89. The van der Waals surface area contributed by atoms with Crippen molar-refractivity contribution in [3.63, 3.8) is 0 Å². The van der Waals surface area contributed by atoms with Crippen LogP contribution in [0.1, 0.15) is 6.42 Å². The van der Waals surface area contributed by atoms with Gasteiger partial charge in [0.15, 0.2) is 0 Å². The van der Waals surface area contributed by atoms with Gasteiger partial charge < -0.3 is 14.2 Å². The Labute approximate surface area is 123 Å². The molecule has 0 aliphatic carbocycles. The average molecular weight is 324 g/mol. The summed E-state index contributed by atoms with van der Waals surface area (Å²) in [6, 6.07) is -1.02. The van der Waals surface area contributed by atoms with Gasteiger partial charge in [0.05, 0.1) is 33.9 Å². The van der Waals surface area contributed by atoms with E-state index in [-0.39, 0.29) is 32.7 Å². The Bertz CT molecular complexity index is 479. The zero-order chi connectivity index (χ0) is 16.0. The summed E-state index contributed by atoms with van der Waals surface area (Å²) in [7, 11) is -0.145. The highest BCUT2D eigenvalue weighted by Crippen LogP contribution is 2.16. The van der Waals surface area contributed by atoms with Crippen LogP contribution in [-0.4, -0.2) is 82.6 Å². The van der Waals surface area contributed by atoms with E-state index in [2.05, 4.69) is 9.47 Å². The number of carbonyl (C=O) groups is 2. The van der Waals surface area contributed by atoms with Crippen molar-refractivity contribution >= 4 is 22.1 Å². The van der Waals surface area contributed by atoms with E-state index in [4.69, 9.17) is 4.74 Å². The predicted octanol–water partition coefficient (Wildman–Crippen LogP) is -1.40. The predicted molar refractivity (Wildman–Crippen MR) is 71.5 cm³/mol. The Morgan fingerprint density at radius 3 is 2.57 bits per heavy atom. The van der Waals surface area contributed by atoms with Crippen LogP contribution in [0.3, 0.4) is 0 Å². The van der Waals surface area contributed by atoms with Crippen LogP contribution >= 0.6 is 0 Å². The molecule has 0 bridgehead atoms. The second-order valence-corrected chi connectivity index (χ2v) is 6.37. The molecule has 0 amide bonds. The van der Waals surface area contributed by atoms with Crippen molar-refractivity contribution in [2.45, 2.75) is 12.5 Å². The maximum Gasteiger partial charge on any atom is 0.326 e. The lowest BCUT2D eigenvalue weighted by molar-refractivity contribution is -0.150. The summed E-state index contributed by atoms with van der Waals surface area (Å²) in [6.07, 6.45) is -0.0700. The van der Waals surface area contributed by atoms with E-state index in [1.165, 1.54) is 21.3 Å². The summed E-state index contributed by atoms with van der Waals surface area (Å²) in [4.78, 5) is 22.7. The highest BCUT2D eigenvalue weighted by molar-refractivity contribution is 7.86. The van der Waals surface area contributed by atoms with E-state index in [0.29, 0.717) is 0 Å². The van der Waals surface area contributed by atoms with Crippen LogP contribution in [0.4, 0.5) is 0 Å². The van der Waals surface area contributed by atoms with Crippen molar-refractivity contribution in [2.75, 3.05) is 47.6 Å². The van der Waals surface area contributed by atoms with Crippen molar-refractivity contribution in [2.24, 2.45) is 0 Å². The fourth-order valence-corrected chi connectivity index (χ4v) is 3.29. The van der Waals surface area contributed by atoms with Crippen molar-refractivity contribution in [3.05, 3.63) is 0 Å². The number of esters is 2. The number of methoxy groups -OCH3 is 2. The Morgan fingerprint density at radius 2 is 2.00 bits per heavy atom. The molecule has 9 nitrogen and oxygen atoms in total. The van der Waals surface area contributed by atoms with Crippen molar-refractivity contribution < 1.29 is 32.2 Å². The van der Waals surface area contributed by atoms with Gasteiger partial charge in [0, 0.05) is 20.1 Å².